The standard InChI is InChI=1S/C9H9N5S/c10-12-9(8-6-15-14-13-8)11-7-4-2-1-3-5-7/h1-6H,10H2,(H,11,12). The number of nitrogens with one attached hydrogen (secondary N) is 1. The second-order valence-corrected chi connectivity index (χ2v) is 3.34. The van der Waals surface area contributed by atoms with Gasteiger partial charge in [0.2, 0.25) is 0 Å². The highest BCUT2D eigenvalue weighted by atomic mass is 32.1. The molecule has 0 radical (unpaired) electrons. The Kier molecular flexibility index (Phi) is 3.01. The lowest BCUT2D eigenvalue weighted by Gasteiger charge is -2.00. The third-order valence-electron chi connectivity index (χ3n) is 1.74. The first-order chi connectivity index (χ1) is 7.40. The molecular weight excluding hydrogens is 210 g/mol. The van der Waals surface area contributed by atoms with Crippen LogP contribution in [0, 0.1) is 0 Å². The molecule has 1 aromatic heterocycles. The largest absolute Gasteiger partial charge is 0.307 e. The van der Waals surface area contributed by atoms with Crippen LogP contribution in [0.2, 0.25) is 0 Å². The minimum Gasteiger partial charge on any atom is -0.307 e. The summed E-state index contributed by atoms with van der Waals surface area (Å²) in [6.07, 6.45) is 0. The van der Waals surface area contributed by atoms with Crippen molar-refractivity contribution >= 4 is 23.1 Å². The molecule has 2 aromatic rings. The number of nitrogens with zero attached hydrogens (tertiary/aromatic N) is 3. The van der Waals surface area contributed by atoms with E-state index in [4.69, 9.17) is 5.84 Å². The molecule has 0 aliphatic heterocycles. The number of para-hydroxylation sites is 1. The van der Waals surface area contributed by atoms with Crippen LogP contribution in [0.1, 0.15) is 5.69 Å². The molecule has 0 aliphatic carbocycles. The highest BCUT2D eigenvalue weighted by Crippen LogP contribution is 2.11. The summed E-state index contributed by atoms with van der Waals surface area (Å²) in [6, 6.07) is 9.52. The fraction of sp³-hybridized carbons (Fsp3) is 0. The average Bonchev–Trinajstić information content (AvgIpc) is 2.81. The van der Waals surface area contributed by atoms with Crippen LogP contribution in [0.25, 0.3) is 0 Å². The molecule has 0 bridgehead atoms. The Morgan fingerprint density at radius 2 is 2.13 bits per heavy atom. The van der Waals surface area contributed by atoms with Gasteiger partial charge in [-0.3, -0.25) is 0 Å². The Balaban J connectivity index is 2.32. The number of aromatic nitrogens is 2. The Labute approximate surface area is 90.8 Å². The summed E-state index contributed by atoms with van der Waals surface area (Å²) in [7, 11) is 0. The van der Waals surface area contributed by atoms with Crippen LogP contribution in [-0.4, -0.2) is 15.4 Å². The summed E-state index contributed by atoms with van der Waals surface area (Å²) in [4.78, 5) is 4.30. The summed E-state index contributed by atoms with van der Waals surface area (Å²) < 4.78 is 3.75. The van der Waals surface area contributed by atoms with Crippen molar-refractivity contribution in [1.29, 1.82) is 0 Å². The van der Waals surface area contributed by atoms with Gasteiger partial charge in [0.25, 0.3) is 0 Å². The third kappa shape index (κ3) is 2.36. The Hall–Kier alpha value is -1.79. The first kappa shape index (κ1) is 9.75. The quantitative estimate of drug-likeness (QED) is 0.343. The van der Waals surface area contributed by atoms with Crippen LogP contribution in [-0.2, 0) is 0 Å². The molecule has 2 rings (SSSR count). The van der Waals surface area contributed by atoms with Crippen molar-refractivity contribution in [1.82, 2.24) is 15.0 Å². The van der Waals surface area contributed by atoms with Gasteiger partial charge in [-0.05, 0) is 23.7 Å². The molecule has 5 nitrogen and oxygen atoms in total. The van der Waals surface area contributed by atoms with Crippen LogP contribution in [0.4, 0.5) is 5.69 Å². The topological polar surface area (TPSA) is 76.2 Å². The van der Waals surface area contributed by atoms with E-state index in [0.29, 0.717) is 11.5 Å². The molecule has 0 aliphatic rings. The van der Waals surface area contributed by atoms with Gasteiger partial charge in [0.15, 0.2) is 5.84 Å². The van der Waals surface area contributed by atoms with Crippen molar-refractivity contribution in [2.75, 3.05) is 0 Å². The molecular formula is C9H9N5S. The molecule has 1 heterocycles. The molecule has 1 aromatic carbocycles. The highest BCUT2D eigenvalue weighted by molar-refractivity contribution is 7.03. The fourth-order valence-corrected chi connectivity index (χ4v) is 1.50. The van der Waals surface area contributed by atoms with E-state index in [1.54, 1.807) is 5.38 Å². The molecule has 15 heavy (non-hydrogen) atoms. The van der Waals surface area contributed by atoms with Gasteiger partial charge in [0, 0.05) is 5.38 Å². The number of aliphatic imine (C=N–C) groups is 1. The Bertz CT molecular complexity index is 437. The molecule has 0 fully saturated rings. The van der Waals surface area contributed by atoms with E-state index >= 15 is 0 Å². The summed E-state index contributed by atoms with van der Waals surface area (Å²) >= 11 is 1.26. The molecule has 0 spiro atoms. The fourth-order valence-electron chi connectivity index (χ4n) is 1.06. The molecule has 76 valence electrons. The van der Waals surface area contributed by atoms with Gasteiger partial charge in [-0.1, -0.05) is 22.7 Å². The van der Waals surface area contributed by atoms with E-state index in [0.717, 1.165) is 5.69 Å². The van der Waals surface area contributed by atoms with Gasteiger partial charge in [-0.15, -0.1) is 5.10 Å². The van der Waals surface area contributed by atoms with Gasteiger partial charge < -0.3 is 5.43 Å². The van der Waals surface area contributed by atoms with Crippen LogP contribution in [0.15, 0.2) is 40.7 Å². The maximum atomic E-state index is 5.37. The zero-order valence-corrected chi connectivity index (χ0v) is 8.61. The summed E-state index contributed by atoms with van der Waals surface area (Å²) in [5.41, 5.74) is 3.97. The monoisotopic (exact) mass is 219 g/mol. The lowest BCUT2D eigenvalue weighted by molar-refractivity contribution is 1.00. The molecule has 0 saturated heterocycles. The van der Waals surface area contributed by atoms with E-state index in [2.05, 4.69) is 20.0 Å². The minimum atomic E-state index is 0.509. The van der Waals surface area contributed by atoms with Crippen LogP contribution < -0.4 is 11.3 Å². The van der Waals surface area contributed by atoms with Gasteiger partial charge in [0.05, 0.1) is 5.69 Å². The van der Waals surface area contributed by atoms with Crippen molar-refractivity contribution in [3.63, 3.8) is 0 Å². The van der Waals surface area contributed by atoms with Crippen molar-refractivity contribution < 1.29 is 0 Å². The average molecular weight is 219 g/mol. The van der Waals surface area contributed by atoms with Crippen LogP contribution in [0.3, 0.4) is 0 Å². The number of benzene rings is 1. The number of rotatable bonds is 2. The zero-order chi connectivity index (χ0) is 10.5. The molecule has 0 saturated carbocycles. The Morgan fingerprint density at radius 3 is 2.73 bits per heavy atom. The van der Waals surface area contributed by atoms with E-state index in [1.807, 2.05) is 30.3 Å². The zero-order valence-electron chi connectivity index (χ0n) is 7.79. The van der Waals surface area contributed by atoms with Crippen LogP contribution in [0.5, 0.6) is 0 Å². The molecule has 6 heteroatoms. The summed E-state index contributed by atoms with van der Waals surface area (Å²) in [6.45, 7) is 0. The number of hydrazine groups is 1. The van der Waals surface area contributed by atoms with Gasteiger partial charge >= 0.3 is 0 Å². The van der Waals surface area contributed by atoms with Crippen molar-refractivity contribution in [2.24, 2.45) is 10.8 Å². The van der Waals surface area contributed by atoms with E-state index in [1.165, 1.54) is 11.5 Å². The van der Waals surface area contributed by atoms with Crippen molar-refractivity contribution in [3.8, 4) is 0 Å². The van der Waals surface area contributed by atoms with Gasteiger partial charge in [-0.25, -0.2) is 10.8 Å². The number of hydrogen-bond donors (Lipinski definition) is 2. The molecule has 0 atom stereocenters. The van der Waals surface area contributed by atoms with Crippen LogP contribution >= 0.6 is 11.5 Å². The lowest BCUT2D eigenvalue weighted by atomic mass is 10.3. The molecule has 3 N–H and O–H groups in total. The molecule has 0 unspecified atom stereocenters. The number of nitrogens with two attached hydrogens (primary N) is 1. The Morgan fingerprint density at radius 1 is 1.33 bits per heavy atom. The second-order valence-electron chi connectivity index (χ2n) is 2.73. The van der Waals surface area contributed by atoms with Gasteiger partial charge in [-0.2, -0.15) is 0 Å². The number of amidine groups is 1. The lowest BCUT2D eigenvalue weighted by Crippen LogP contribution is -2.31. The maximum absolute atomic E-state index is 5.37. The maximum Gasteiger partial charge on any atom is 0.169 e. The SMILES string of the molecule is NNC(=Nc1ccccc1)c1csnn1. The van der Waals surface area contributed by atoms with Gasteiger partial charge in [0.1, 0.15) is 5.69 Å². The molecule has 0 amide bonds. The van der Waals surface area contributed by atoms with Crippen molar-refractivity contribution in [3.05, 3.63) is 41.4 Å². The summed E-state index contributed by atoms with van der Waals surface area (Å²) in [5, 5.41) is 5.66. The first-order valence-electron chi connectivity index (χ1n) is 4.28. The predicted octanol–water partition coefficient (Wildman–Crippen LogP) is 1.08. The first-order valence-corrected chi connectivity index (χ1v) is 5.11. The highest BCUT2D eigenvalue weighted by Gasteiger charge is 2.04. The predicted molar refractivity (Wildman–Crippen MR) is 59.9 cm³/mol. The normalized spacial score (nSPS) is 11.4. The third-order valence-corrected chi connectivity index (χ3v) is 2.24. The van der Waals surface area contributed by atoms with E-state index < -0.39 is 0 Å². The minimum absolute atomic E-state index is 0.509. The van der Waals surface area contributed by atoms with E-state index in [-0.39, 0.29) is 0 Å². The second kappa shape index (κ2) is 4.63. The summed E-state index contributed by atoms with van der Waals surface area (Å²) in [5.74, 6) is 5.88. The van der Waals surface area contributed by atoms with E-state index in [9.17, 15) is 0 Å². The van der Waals surface area contributed by atoms with Crippen molar-refractivity contribution in [2.45, 2.75) is 0 Å². The number of hydrogen-bond acceptors (Lipinski definition) is 5. The smallest absolute Gasteiger partial charge is 0.169 e.